The Balaban J connectivity index is 1.53. The van der Waals surface area contributed by atoms with Crippen molar-refractivity contribution in [3.63, 3.8) is 0 Å². The highest BCUT2D eigenvalue weighted by atomic mass is 16.5. The van der Waals surface area contributed by atoms with Gasteiger partial charge in [0.05, 0.1) is 17.8 Å². The Kier molecular flexibility index (Phi) is 5.76. The second kappa shape index (κ2) is 8.62. The fourth-order valence-electron chi connectivity index (χ4n) is 3.65. The SMILES string of the molecule is CCOc1ccccc1CN(Cc1ccc2cc(NC(C)=O)ccc2n1)C1CC1. The van der Waals surface area contributed by atoms with Crippen LogP contribution in [0.4, 0.5) is 5.69 Å². The van der Waals surface area contributed by atoms with Crippen LogP contribution in [0.15, 0.2) is 54.6 Å². The Bertz CT molecular complexity index is 1010. The lowest BCUT2D eigenvalue weighted by Crippen LogP contribution is -2.25. The quantitative estimate of drug-likeness (QED) is 0.604. The standard InChI is InChI=1S/C24H27N3O2/c1-3-29-24-7-5-4-6-19(24)15-27(22-11-12-22)16-21-9-8-18-14-20(25-17(2)28)10-13-23(18)26-21/h4-10,13-14,22H,3,11-12,15-16H2,1-2H3,(H,25,28). The largest absolute Gasteiger partial charge is 0.494 e. The van der Waals surface area contributed by atoms with Crippen molar-refractivity contribution in [1.29, 1.82) is 0 Å². The molecule has 0 saturated heterocycles. The summed E-state index contributed by atoms with van der Waals surface area (Å²) in [5.41, 5.74) is 4.03. The number of fused-ring (bicyclic) bond motifs is 1. The van der Waals surface area contributed by atoms with Crippen molar-refractivity contribution in [2.75, 3.05) is 11.9 Å². The molecule has 1 amide bonds. The van der Waals surface area contributed by atoms with Crippen LogP contribution in [-0.2, 0) is 17.9 Å². The minimum atomic E-state index is -0.0682. The topological polar surface area (TPSA) is 54.5 Å². The third-order valence-electron chi connectivity index (χ3n) is 5.14. The second-order valence-electron chi connectivity index (χ2n) is 7.57. The van der Waals surface area contributed by atoms with Gasteiger partial charge in [-0.1, -0.05) is 24.3 Å². The summed E-state index contributed by atoms with van der Waals surface area (Å²) in [6.45, 7) is 5.89. The molecule has 0 unspecified atom stereocenters. The van der Waals surface area contributed by atoms with Crippen LogP contribution >= 0.6 is 0 Å². The van der Waals surface area contributed by atoms with E-state index in [0.717, 1.165) is 41.1 Å². The normalized spacial score (nSPS) is 13.6. The molecule has 1 aliphatic carbocycles. The van der Waals surface area contributed by atoms with E-state index in [-0.39, 0.29) is 5.91 Å². The molecule has 2 aromatic carbocycles. The first kappa shape index (κ1) is 19.4. The number of para-hydroxylation sites is 1. The number of pyridine rings is 1. The third-order valence-corrected chi connectivity index (χ3v) is 5.14. The maximum atomic E-state index is 11.3. The summed E-state index contributed by atoms with van der Waals surface area (Å²) in [7, 11) is 0. The van der Waals surface area contributed by atoms with Crippen molar-refractivity contribution in [2.24, 2.45) is 0 Å². The first-order valence-electron chi connectivity index (χ1n) is 10.2. The highest BCUT2D eigenvalue weighted by Gasteiger charge is 2.29. The number of carbonyl (C=O) groups excluding carboxylic acids is 1. The lowest BCUT2D eigenvalue weighted by molar-refractivity contribution is -0.114. The molecule has 5 heteroatoms. The molecule has 0 radical (unpaired) electrons. The molecule has 1 aromatic heterocycles. The van der Waals surface area contributed by atoms with Gasteiger partial charge in [0.2, 0.25) is 5.91 Å². The molecule has 1 saturated carbocycles. The minimum Gasteiger partial charge on any atom is -0.494 e. The average molecular weight is 389 g/mol. The molecule has 150 valence electrons. The molecular weight excluding hydrogens is 362 g/mol. The van der Waals surface area contributed by atoms with Gasteiger partial charge in [-0.05, 0) is 50.1 Å². The first-order valence-corrected chi connectivity index (χ1v) is 10.2. The van der Waals surface area contributed by atoms with Crippen LogP contribution in [0.5, 0.6) is 5.75 Å². The smallest absolute Gasteiger partial charge is 0.221 e. The third kappa shape index (κ3) is 4.93. The molecule has 5 nitrogen and oxygen atoms in total. The number of ether oxygens (including phenoxy) is 1. The summed E-state index contributed by atoms with van der Waals surface area (Å²) in [5.74, 6) is 0.902. The fraction of sp³-hybridized carbons (Fsp3) is 0.333. The van der Waals surface area contributed by atoms with E-state index in [1.54, 1.807) is 0 Å². The minimum absolute atomic E-state index is 0.0682. The van der Waals surface area contributed by atoms with Crippen LogP contribution in [0.1, 0.15) is 37.9 Å². The summed E-state index contributed by atoms with van der Waals surface area (Å²) in [5, 5.41) is 3.85. The van der Waals surface area contributed by atoms with Gasteiger partial charge in [-0.2, -0.15) is 0 Å². The average Bonchev–Trinajstić information content (AvgIpc) is 3.54. The molecule has 0 atom stereocenters. The summed E-state index contributed by atoms with van der Waals surface area (Å²) >= 11 is 0. The van der Waals surface area contributed by atoms with Gasteiger partial charge in [-0.3, -0.25) is 14.7 Å². The summed E-state index contributed by atoms with van der Waals surface area (Å²) in [6.07, 6.45) is 2.48. The van der Waals surface area contributed by atoms with Gasteiger partial charge in [-0.25, -0.2) is 0 Å². The lowest BCUT2D eigenvalue weighted by atomic mass is 10.1. The Hall–Kier alpha value is -2.92. The van der Waals surface area contributed by atoms with Crippen LogP contribution < -0.4 is 10.1 Å². The number of nitrogens with zero attached hydrogens (tertiary/aromatic N) is 2. The Labute approximate surface area is 171 Å². The Morgan fingerprint density at radius 3 is 2.72 bits per heavy atom. The number of amides is 1. The van der Waals surface area contributed by atoms with E-state index in [4.69, 9.17) is 9.72 Å². The molecule has 0 aliphatic heterocycles. The van der Waals surface area contributed by atoms with Crippen LogP contribution in [0.3, 0.4) is 0 Å². The van der Waals surface area contributed by atoms with Crippen molar-refractivity contribution >= 4 is 22.5 Å². The zero-order valence-electron chi connectivity index (χ0n) is 17.0. The van der Waals surface area contributed by atoms with Gasteiger partial charge >= 0.3 is 0 Å². The van der Waals surface area contributed by atoms with Gasteiger partial charge in [-0.15, -0.1) is 0 Å². The van der Waals surface area contributed by atoms with Crippen molar-refractivity contribution in [3.8, 4) is 5.75 Å². The summed E-state index contributed by atoms with van der Waals surface area (Å²) < 4.78 is 5.81. The number of hydrogen-bond donors (Lipinski definition) is 1. The number of rotatable bonds is 8. The van der Waals surface area contributed by atoms with E-state index in [1.165, 1.54) is 25.3 Å². The van der Waals surface area contributed by atoms with E-state index in [1.807, 2.05) is 37.3 Å². The zero-order valence-corrected chi connectivity index (χ0v) is 17.0. The number of benzene rings is 2. The molecule has 1 fully saturated rings. The summed E-state index contributed by atoms with van der Waals surface area (Å²) in [4.78, 5) is 18.6. The number of hydrogen-bond acceptors (Lipinski definition) is 4. The van der Waals surface area contributed by atoms with Crippen molar-refractivity contribution in [3.05, 3.63) is 65.9 Å². The van der Waals surface area contributed by atoms with E-state index in [9.17, 15) is 4.79 Å². The number of anilines is 1. The van der Waals surface area contributed by atoms with Crippen molar-refractivity contribution < 1.29 is 9.53 Å². The van der Waals surface area contributed by atoms with Crippen LogP contribution in [-0.4, -0.2) is 28.4 Å². The molecule has 1 aliphatic rings. The molecule has 0 bridgehead atoms. The first-order chi connectivity index (χ1) is 14.1. The molecule has 3 aromatic rings. The van der Waals surface area contributed by atoms with E-state index in [0.29, 0.717) is 12.6 Å². The Morgan fingerprint density at radius 2 is 1.97 bits per heavy atom. The highest BCUT2D eigenvalue weighted by molar-refractivity contribution is 5.92. The van der Waals surface area contributed by atoms with Crippen molar-refractivity contribution in [2.45, 2.75) is 45.8 Å². The number of nitrogens with one attached hydrogen (secondary N) is 1. The van der Waals surface area contributed by atoms with Gasteiger partial charge in [0.1, 0.15) is 5.75 Å². The predicted molar refractivity (Wildman–Crippen MR) is 116 cm³/mol. The summed E-state index contributed by atoms with van der Waals surface area (Å²) in [6, 6.07) is 18.9. The fourth-order valence-corrected chi connectivity index (χ4v) is 3.65. The van der Waals surface area contributed by atoms with Crippen LogP contribution in [0.25, 0.3) is 10.9 Å². The monoisotopic (exact) mass is 389 g/mol. The van der Waals surface area contributed by atoms with Crippen LogP contribution in [0, 0.1) is 0 Å². The lowest BCUT2D eigenvalue weighted by Gasteiger charge is -2.23. The maximum Gasteiger partial charge on any atom is 0.221 e. The molecular formula is C24H27N3O2. The zero-order chi connectivity index (χ0) is 20.2. The van der Waals surface area contributed by atoms with E-state index >= 15 is 0 Å². The van der Waals surface area contributed by atoms with E-state index < -0.39 is 0 Å². The maximum absolute atomic E-state index is 11.3. The van der Waals surface area contributed by atoms with Gasteiger partial charge in [0, 0.05) is 42.7 Å². The predicted octanol–water partition coefficient (Wildman–Crippen LogP) is 4.76. The molecule has 1 heterocycles. The molecule has 0 spiro atoms. The number of aromatic nitrogens is 1. The molecule has 29 heavy (non-hydrogen) atoms. The highest BCUT2D eigenvalue weighted by Crippen LogP contribution is 2.32. The second-order valence-corrected chi connectivity index (χ2v) is 7.57. The van der Waals surface area contributed by atoms with Gasteiger partial charge < -0.3 is 10.1 Å². The van der Waals surface area contributed by atoms with Crippen molar-refractivity contribution in [1.82, 2.24) is 9.88 Å². The Morgan fingerprint density at radius 1 is 1.14 bits per heavy atom. The van der Waals surface area contributed by atoms with Crippen LogP contribution in [0.2, 0.25) is 0 Å². The number of carbonyl (C=O) groups is 1. The molecule has 4 rings (SSSR count). The molecule has 1 N–H and O–H groups in total. The van der Waals surface area contributed by atoms with E-state index in [2.05, 4.69) is 34.5 Å². The van der Waals surface area contributed by atoms with Gasteiger partial charge in [0.15, 0.2) is 0 Å². The van der Waals surface area contributed by atoms with Gasteiger partial charge in [0.25, 0.3) is 0 Å².